The maximum Gasteiger partial charge on any atom is 0.405 e. The molecule has 13 heavy (non-hydrogen) atoms. The third-order valence-corrected chi connectivity index (χ3v) is 2.99. The average molecular weight is 211 g/mol. The van der Waals surface area contributed by atoms with Crippen LogP contribution in [0.1, 0.15) is 20.8 Å². The van der Waals surface area contributed by atoms with E-state index in [0.29, 0.717) is 0 Å². The van der Waals surface area contributed by atoms with Crippen molar-refractivity contribution in [2.75, 3.05) is 0 Å². The molecule has 0 aliphatic rings. The van der Waals surface area contributed by atoms with Crippen molar-refractivity contribution in [2.45, 2.75) is 26.6 Å². The van der Waals surface area contributed by atoms with Crippen molar-refractivity contribution >= 4 is 13.7 Å². The van der Waals surface area contributed by atoms with E-state index in [1.54, 1.807) is 20.8 Å². The van der Waals surface area contributed by atoms with Gasteiger partial charge in [0.25, 0.3) is 0 Å². The van der Waals surface area contributed by atoms with E-state index in [1.807, 2.05) is 5.32 Å². The second-order valence-corrected chi connectivity index (χ2v) is 5.50. The van der Waals surface area contributed by atoms with Gasteiger partial charge >= 0.3 is 13.7 Å². The lowest BCUT2D eigenvalue weighted by molar-refractivity contribution is 0.179. The Hall–Kier alpha value is -0.580. The predicted molar refractivity (Wildman–Crippen MR) is 46.4 cm³/mol. The van der Waals surface area contributed by atoms with Crippen LogP contribution in [0.2, 0.25) is 0 Å². The van der Waals surface area contributed by atoms with Gasteiger partial charge < -0.3 is 20.2 Å². The number of carbonyl (C=O) groups is 1. The molecule has 0 rings (SSSR count). The van der Waals surface area contributed by atoms with Crippen LogP contribution in [-0.4, -0.2) is 26.8 Å². The maximum absolute atomic E-state index is 10.9. The van der Waals surface area contributed by atoms with E-state index in [4.69, 9.17) is 14.9 Å². The Bertz CT molecular complexity index is 240. The number of hydrogen-bond donors (Lipinski definition) is 4. The van der Waals surface area contributed by atoms with Gasteiger partial charge in [0.2, 0.25) is 0 Å². The molecule has 0 saturated heterocycles. The fourth-order valence-corrected chi connectivity index (χ4v) is 2.21. The molecule has 0 aliphatic carbocycles. The van der Waals surface area contributed by atoms with Crippen molar-refractivity contribution in [3.63, 3.8) is 0 Å². The molecular formula is C6H14NO5P. The van der Waals surface area contributed by atoms with Crippen LogP contribution in [0, 0.1) is 5.41 Å². The smallest absolute Gasteiger partial charge is 0.405 e. The summed E-state index contributed by atoms with van der Waals surface area (Å²) in [6.07, 6.45) is -1.44. The van der Waals surface area contributed by atoms with E-state index in [9.17, 15) is 9.36 Å². The van der Waals surface area contributed by atoms with Crippen LogP contribution >= 0.6 is 7.60 Å². The zero-order valence-electron chi connectivity index (χ0n) is 7.68. The van der Waals surface area contributed by atoms with Gasteiger partial charge in [-0.15, -0.1) is 0 Å². The number of nitrogens with one attached hydrogen (secondary N) is 1. The molecule has 0 aliphatic heterocycles. The summed E-state index contributed by atoms with van der Waals surface area (Å²) >= 11 is 0. The minimum atomic E-state index is -4.44. The van der Waals surface area contributed by atoms with Crippen molar-refractivity contribution in [2.24, 2.45) is 5.41 Å². The van der Waals surface area contributed by atoms with Crippen LogP contribution in [0.25, 0.3) is 0 Å². The molecular weight excluding hydrogens is 197 g/mol. The van der Waals surface area contributed by atoms with Gasteiger partial charge in [0.1, 0.15) is 5.78 Å². The fraction of sp³-hybridized carbons (Fsp3) is 0.833. The Balaban J connectivity index is 4.79. The minimum absolute atomic E-state index is 0.822. The Labute approximate surface area is 76.1 Å². The van der Waals surface area contributed by atoms with Crippen LogP contribution in [0.3, 0.4) is 0 Å². The highest BCUT2D eigenvalue weighted by atomic mass is 31.2. The molecule has 1 unspecified atom stereocenters. The van der Waals surface area contributed by atoms with Crippen LogP contribution in [0.5, 0.6) is 0 Å². The number of amides is 1. The van der Waals surface area contributed by atoms with Crippen molar-refractivity contribution in [1.82, 2.24) is 5.32 Å². The van der Waals surface area contributed by atoms with E-state index in [-0.39, 0.29) is 0 Å². The van der Waals surface area contributed by atoms with Crippen molar-refractivity contribution < 1.29 is 24.3 Å². The van der Waals surface area contributed by atoms with Crippen LogP contribution < -0.4 is 5.32 Å². The summed E-state index contributed by atoms with van der Waals surface area (Å²) in [6, 6.07) is 0. The molecule has 0 aromatic heterocycles. The summed E-state index contributed by atoms with van der Waals surface area (Å²) in [4.78, 5) is 27.9. The number of carboxylic acid groups (broad SMARTS) is 1. The highest BCUT2D eigenvalue weighted by Gasteiger charge is 2.40. The zero-order chi connectivity index (χ0) is 10.9. The molecule has 0 bridgehead atoms. The minimum Gasteiger partial charge on any atom is -0.465 e. The van der Waals surface area contributed by atoms with Gasteiger partial charge in [0, 0.05) is 0 Å². The van der Waals surface area contributed by atoms with E-state index in [2.05, 4.69) is 0 Å². The lowest BCUT2D eigenvalue weighted by atomic mass is 9.96. The van der Waals surface area contributed by atoms with Crippen molar-refractivity contribution in [3.8, 4) is 0 Å². The van der Waals surface area contributed by atoms with Crippen LogP contribution in [0.15, 0.2) is 0 Å². The standard InChI is InChI=1S/C6H14NO5P/c1-6(2,3)4(7-5(8)9)13(10,11)12/h4,7H,1-3H3,(H,8,9)(H2,10,11,12). The first-order valence-electron chi connectivity index (χ1n) is 3.60. The first-order valence-corrected chi connectivity index (χ1v) is 5.28. The summed E-state index contributed by atoms with van der Waals surface area (Å²) in [5.41, 5.74) is -0.822. The topological polar surface area (TPSA) is 107 Å². The van der Waals surface area contributed by atoms with Crippen LogP contribution in [-0.2, 0) is 4.57 Å². The lowest BCUT2D eigenvalue weighted by Gasteiger charge is -2.30. The van der Waals surface area contributed by atoms with E-state index in [1.165, 1.54) is 0 Å². The summed E-state index contributed by atoms with van der Waals surface area (Å²) in [6.45, 7) is 4.64. The first kappa shape index (κ1) is 12.4. The Kier molecular flexibility index (Phi) is 3.49. The van der Waals surface area contributed by atoms with Crippen molar-refractivity contribution in [3.05, 3.63) is 0 Å². The third kappa shape index (κ3) is 4.26. The second-order valence-electron chi connectivity index (χ2n) is 3.81. The average Bonchev–Trinajstić information content (AvgIpc) is 1.77. The largest absolute Gasteiger partial charge is 0.465 e. The van der Waals surface area contributed by atoms with Gasteiger partial charge in [-0.3, -0.25) is 4.57 Å². The molecule has 0 saturated carbocycles. The summed E-state index contributed by atoms with van der Waals surface area (Å²) in [5, 5.41) is 10.2. The Morgan fingerprint density at radius 3 is 1.85 bits per heavy atom. The van der Waals surface area contributed by atoms with Gasteiger partial charge in [0.05, 0.1) is 0 Å². The normalized spacial score (nSPS) is 15.2. The molecule has 0 aromatic carbocycles. The first-order chi connectivity index (χ1) is 5.55. The third-order valence-electron chi connectivity index (χ3n) is 1.42. The molecule has 0 spiro atoms. The lowest BCUT2D eigenvalue weighted by Crippen LogP contribution is -2.42. The molecule has 0 fully saturated rings. The predicted octanol–water partition coefficient (Wildman–Crippen LogP) is 0.804. The molecule has 1 atom stereocenters. The monoisotopic (exact) mass is 211 g/mol. The van der Waals surface area contributed by atoms with Gasteiger partial charge in [-0.1, -0.05) is 20.8 Å². The maximum atomic E-state index is 10.9. The summed E-state index contributed by atoms with van der Waals surface area (Å²) in [7, 11) is -4.44. The number of rotatable bonds is 2. The molecule has 0 aromatic rings. The second kappa shape index (κ2) is 3.65. The number of hydrogen-bond acceptors (Lipinski definition) is 2. The van der Waals surface area contributed by atoms with Crippen molar-refractivity contribution in [1.29, 1.82) is 0 Å². The molecule has 6 nitrogen and oxygen atoms in total. The quantitative estimate of drug-likeness (QED) is 0.505. The Morgan fingerprint density at radius 2 is 1.77 bits per heavy atom. The zero-order valence-corrected chi connectivity index (χ0v) is 8.58. The van der Waals surface area contributed by atoms with E-state index >= 15 is 0 Å². The fourth-order valence-electron chi connectivity index (χ4n) is 0.922. The highest BCUT2D eigenvalue weighted by molar-refractivity contribution is 7.52. The van der Waals surface area contributed by atoms with Crippen LogP contribution in [0.4, 0.5) is 4.79 Å². The van der Waals surface area contributed by atoms with Gasteiger partial charge in [-0.05, 0) is 5.41 Å². The summed E-state index contributed by atoms with van der Waals surface area (Å²) < 4.78 is 10.9. The summed E-state index contributed by atoms with van der Waals surface area (Å²) in [5.74, 6) is -1.38. The SMILES string of the molecule is CC(C)(C)C(NC(=O)O)P(=O)(O)O. The van der Waals surface area contributed by atoms with Gasteiger partial charge in [-0.2, -0.15) is 0 Å². The van der Waals surface area contributed by atoms with E-state index in [0.717, 1.165) is 0 Å². The van der Waals surface area contributed by atoms with E-state index < -0.39 is 24.9 Å². The van der Waals surface area contributed by atoms with Gasteiger partial charge in [0.15, 0.2) is 0 Å². The molecule has 7 heteroatoms. The molecule has 78 valence electrons. The van der Waals surface area contributed by atoms with Gasteiger partial charge in [-0.25, -0.2) is 4.79 Å². The highest BCUT2D eigenvalue weighted by Crippen LogP contribution is 2.47. The molecule has 0 heterocycles. The molecule has 4 N–H and O–H groups in total. The Morgan fingerprint density at radius 1 is 1.38 bits per heavy atom. The molecule has 0 radical (unpaired) electrons. The molecule has 1 amide bonds.